The Morgan fingerprint density at radius 3 is 3.08 bits per heavy atom. The maximum atomic E-state index is 10.9. The lowest BCUT2D eigenvalue weighted by Crippen LogP contribution is -2.09. The van der Waals surface area contributed by atoms with Crippen molar-refractivity contribution in [3.63, 3.8) is 0 Å². The number of hydrogen-bond donors (Lipinski definition) is 2. The zero-order chi connectivity index (χ0) is 9.42. The number of nitrogens with zero attached hydrogens (tertiary/aromatic N) is 1. The monoisotopic (exact) mass is 195 g/mol. The number of carbonyl (C=O) groups excluding carboxylic acids is 1. The highest BCUT2D eigenvalue weighted by Crippen LogP contribution is 2.19. The van der Waals surface area contributed by atoms with Gasteiger partial charge in [0.2, 0.25) is 0 Å². The van der Waals surface area contributed by atoms with E-state index >= 15 is 0 Å². The van der Waals surface area contributed by atoms with Gasteiger partial charge in [-0.1, -0.05) is 11.6 Å². The molecule has 0 saturated heterocycles. The number of rotatable bonds is 1. The maximum Gasteiger partial charge on any atom is 0.250 e. The molecule has 13 heavy (non-hydrogen) atoms. The number of nitrogens with two attached hydrogens (primary N) is 1. The first kappa shape index (κ1) is 8.07. The van der Waals surface area contributed by atoms with E-state index in [9.17, 15) is 4.79 Å². The summed E-state index contributed by atoms with van der Waals surface area (Å²) in [6, 6.07) is 1.64. The molecule has 4 nitrogen and oxygen atoms in total. The number of aromatic amines is 1. The van der Waals surface area contributed by atoms with Crippen LogP contribution in [0, 0.1) is 0 Å². The molecule has 66 valence electrons. The molecule has 2 rings (SSSR count). The van der Waals surface area contributed by atoms with Gasteiger partial charge in [0.15, 0.2) is 0 Å². The fourth-order valence-electron chi connectivity index (χ4n) is 1.20. The molecule has 0 unspecified atom stereocenters. The van der Waals surface area contributed by atoms with Crippen LogP contribution in [0.5, 0.6) is 0 Å². The van der Waals surface area contributed by atoms with Gasteiger partial charge in [-0.3, -0.25) is 4.79 Å². The van der Waals surface area contributed by atoms with E-state index in [4.69, 9.17) is 17.3 Å². The van der Waals surface area contributed by atoms with Gasteiger partial charge in [0, 0.05) is 17.8 Å². The highest BCUT2D eigenvalue weighted by atomic mass is 35.5. The second-order valence-electron chi connectivity index (χ2n) is 2.62. The molecule has 2 aromatic rings. The molecular weight excluding hydrogens is 190 g/mol. The Labute approximate surface area is 78.7 Å². The zero-order valence-electron chi connectivity index (χ0n) is 6.54. The van der Waals surface area contributed by atoms with E-state index in [2.05, 4.69) is 9.97 Å². The summed E-state index contributed by atoms with van der Waals surface area (Å²) in [7, 11) is 0. The first-order valence-corrected chi connectivity index (χ1v) is 3.98. The summed E-state index contributed by atoms with van der Waals surface area (Å²) < 4.78 is 0. The molecule has 0 aromatic carbocycles. The number of aromatic nitrogens is 2. The Morgan fingerprint density at radius 2 is 2.38 bits per heavy atom. The van der Waals surface area contributed by atoms with Crippen LogP contribution in [0.4, 0.5) is 0 Å². The van der Waals surface area contributed by atoms with E-state index in [0.717, 1.165) is 5.52 Å². The van der Waals surface area contributed by atoms with Gasteiger partial charge < -0.3 is 10.7 Å². The molecule has 0 fully saturated rings. The van der Waals surface area contributed by atoms with E-state index in [1.807, 2.05) is 0 Å². The molecule has 2 aromatic heterocycles. The van der Waals surface area contributed by atoms with Gasteiger partial charge >= 0.3 is 0 Å². The highest BCUT2D eigenvalue weighted by molar-refractivity contribution is 6.30. The molecule has 0 bridgehead atoms. The Morgan fingerprint density at radius 1 is 1.62 bits per heavy atom. The number of H-pyrrole nitrogens is 1. The van der Waals surface area contributed by atoms with Crippen LogP contribution < -0.4 is 5.73 Å². The van der Waals surface area contributed by atoms with Crippen LogP contribution in [-0.2, 0) is 0 Å². The predicted molar refractivity (Wildman–Crippen MR) is 49.6 cm³/mol. The summed E-state index contributed by atoms with van der Waals surface area (Å²) in [5, 5.41) is 1.07. The van der Waals surface area contributed by atoms with Crippen molar-refractivity contribution in [1.82, 2.24) is 9.97 Å². The zero-order valence-corrected chi connectivity index (χ0v) is 7.30. The lowest BCUT2D eigenvalue weighted by molar-refractivity contribution is 0.100. The summed E-state index contributed by atoms with van der Waals surface area (Å²) in [6.45, 7) is 0. The molecule has 5 heteroatoms. The third-order valence-corrected chi connectivity index (χ3v) is 2.00. The van der Waals surface area contributed by atoms with Gasteiger partial charge in [0.25, 0.3) is 5.91 Å². The van der Waals surface area contributed by atoms with Crippen molar-refractivity contribution in [3.05, 3.63) is 29.2 Å². The summed E-state index contributed by atoms with van der Waals surface area (Å²) >= 11 is 5.66. The first-order valence-electron chi connectivity index (χ1n) is 3.61. The van der Waals surface area contributed by atoms with Gasteiger partial charge in [0.05, 0.1) is 11.1 Å². The average Bonchev–Trinajstić information content (AvgIpc) is 2.46. The first-order chi connectivity index (χ1) is 6.18. The van der Waals surface area contributed by atoms with Crippen molar-refractivity contribution in [2.24, 2.45) is 5.73 Å². The summed E-state index contributed by atoms with van der Waals surface area (Å²) in [5.41, 5.74) is 6.33. The van der Waals surface area contributed by atoms with E-state index in [0.29, 0.717) is 16.1 Å². The molecular formula is C8H6ClN3O. The number of carbonyl (C=O) groups is 1. The molecule has 0 aliphatic rings. The number of amides is 1. The molecule has 0 atom stereocenters. The fourth-order valence-corrected chi connectivity index (χ4v) is 1.35. The standard InChI is InChI=1S/C8H6ClN3O/c9-7-1-6-4(2-12-7)5(3-11-6)8(10)13/h1-3,11H,(H2,10,13). The van der Waals surface area contributed by atoms with Gasteiger partial charge in [-0.05, 0) is 6.07 Å². The molecule has 0 saturated carbocycles. The molecule has 0 aliphatic heterocycles. The van der Waals surface area contributed by atoms with Gasteiger partial charge in [0.1, 0.15) is 5.15 Å². The smallest absolute Gasteiger partial charge is 0.250 e. The Hall–Kier alpha value is -1.55. The molecule has 1 amide bonds. The van der Waals surface area contributed by atoms with E-state index in [1.165, 1.54) is 6.20 Å². The Balaban J connectivity index is 2.76. The van der Waals surface area contributed by atoms with E-state index in [-0.39, 0.29) is 0 Å². The average molecular weight is 196 g/mol. The minimum Gasteiger partial charge on any atom is -0.366 e. The van der Waals surface area contributed by atoms with Crippen LogP contribution in [0.3, 0.4) is 0 Å². The highest BCUT2D eigenvalue weighted by Gasteiger charge is 2.08. The van der Waals surface area contributed by atoms with Crippen LogP contribution in [0.15, 0.2) is 18.5 Å². The lowest BCUT2D eigenvalue weighted by atomic mass is 10.2. The third kappa shape index (κ3) is 1.25. The van der Waals surface area contributed by atoms with Crippen molar-refractivity contribution in [2.75, 3.05) is 0 Å². The molecule has 2 heterocycles. The summed E-state index contributed by atoms with van der Waals surface area (Å²) in [5.74, 6) is -0.477. The predicted octanol–water partition coefficient (Wildman–Crippen LogP) is 1.32. The number of pyridine rings is 1. The van der Waals surface area contributed by atoms with Crippen LogP contribution in [-0.4, -0.2) is 15.9 Å². The summed E-state index contributed by atoms with van der Waals surface area (Å²) in [4.78, 5) is 17.6. The number of hydrogen-bond acceptors (Lipinski definition) is 2. The van der Waals surface area contributed by atoms with Crippen LogP contribution >= 0.6 is 11.6 Å². The van der Waals surface area contributed by atoms with Crippen molar-refractivity contribution in [3.8, 4) is 0 Å². The number of primary amides is 1. The SMILES string of the molecule is NC(=O)c1c[nH]c2cc(Cl)ncc12. The third-order valence-electron chi connectivity index (χ3n) is 1.80. The maximum absolute atomic E-state index is 10.9. The van der Waals surface area contributed by atoms with Crippen molar-refractivity contribution < 1.29 is 4.79 Å². The van der Waals surface area contributed by atoms with E-state index < -0.39 is 5.91 Å². The second-order valence-corrected chi connectivity index (χ2v) is 3.01. The van der Waals surface area contributed by atoms with Crippen LogP contribution in [0.25, 0.3) is 10.9 Å². The minimum atomic E-state index is -0.477. The normalized spacial score (nSPS) is 10.5. The topological polar surface area (TPSA) is 71.8 Å². The van der Waals surface area contributed by atoms with Crippen LogP contribution in [0.2, 0.25) is 5.15 Å². The molecule has 0 spiro atoms. The molecule has 0 radical (unpaired) electrons. The van der Waals surface area contributed by atoms with Crippen molar-refractivity contribution >= 4 is 28.4 Å². The fraction of sp³-hybridized carbons (Fsp3) is 0. The quantitative estimate of drug-likeness (QED) is 0.674. The summed E-state index contributed by atoms with van der Waals surface area (Å²) in [6.07, 6.45) is 3.07. The minimum absolute atomic E-state index is 0.380. The molecule has 3 N–H and O–H groups in total. The van der Waals surface area contributed by atoms with Gasteiger partial charge in [-0.2, -0.15) is 0 Å². The Bertz CT molecular complexity index is 477. The van der Waals surface area contributed by atoms with E-state index in [1.54, 1.807) is 12.3 Å². The number of halogens is 1. The van der Waals surface area contributed by atoms with Crippen molar-refractivity contribution in [1.29, 1.82) is 0 Å². The Kier molecular flexibility index (Phi) is 1.70. The second kappa shape index (κ2) is 2.74. The van der Waals surface area contributed by atoms with Gasteiger partial charge in [-0.15, -0.1) is 0 Å². The van der Waals surface area contributed by atoms with Gasteiger partial charge in [-0.25, -0.2) is 4.98 Å². The largest absolute Gasteiger partial charge is 0.366 e. The number of fused-ring (bicyclic) bond motifs is 1. The van der Waals surface area contributed by atoms with Crippen molar-refractivity contribution in [2.45, 2.75) is 0 Å². The number of nitrogens with one attached hydrogen (secondary N) is 1. The van der Waals surface area contributed by atoms with Crippen LogP contribution in [0.1, 0.15) is 10.4 Å². The lowest BCUT2D eigenvalue weighted by Gasteiger charge is -1.92. The molecule has 0 aliphatic carbocycles.